The van der Waals surface area contributed by atoms with Gasteiger partial charge in [-0.1, -0.05) is 24.3 Å². The van der Waals surface area contributed by atoms with Crippen LogP contribution in [0.2, 0.25) is 0 Å². The molecule has 108 valence electrons. The van der Waals surface area contributed by atoms with Crippen LogP contribution >= 0.6 is 34.2 Å². The number of alkyl halides is 1. The minimum absolute atomic E-state index is 0.159. The molecule has 0 saturated carbocycles. The van der Waals surface area contributed by atoms with Crippen molar-refractivity contribution in [3.05, 3.63) is 62.7 Å². The van der Waals surface area contributed by atoms with Gasteiger partial charge in [0.25, 0.3) is 0 Å². The van der Waals surface area contributed by atoms with E-state index in [4.69, 9.17) is 11.6 Å². The number of rotatable bonds is 2. The SMILES string of the molecule is CN1C(=O)CCc2cc(C(Cl)c3cccc(I)c3)ccc21. The lowest BCUT2D eigenvalue weighted by Gasteiger charge is -2.26. The lowest BCUT2D eigenvalue weighted by atomic mass is 9.96. The lowest BCUT2D eigenvalue weighted by molar-refractivity contribution is -0.118. The van der Waals surface area contributed by atoms with E-state index in [-0.39, 0.29) is 11.3 Å². The number of hydrogen-bond donors (Lipinski definition) is 0. The zero-order valence-electron chi connectivity index (χ0n) is 11.6. The Bertz CT molecular complexity index is 701. The van der Waals surface area contributed by atoms with Gasteiger partial charge in [-0.3, -0.25) is 4.79 Å². The van der Waals surface area contributed by atoms with Gasteiger partial charge >= 0.3 is 0 Å². The van der Waals surface area contributed by atoms with Crippen LogP contribution in [0.1, 0.15) is 28.5 Å². The molecule has 2 aromatic rings. The van der Waals surface area contributed by atoms with Crippen molar-refractivity contribution in [3.8, 4) is 0 Å². The molecule has 0 N–H and O–H groups in total. The van der Waals surface area contributed by atoms with E-state index in [0.717, 1.165) is 23.2 Å². The third-order valence-corrected chi connectivity index (χ3v) is 5.06. The molecular formula is C17H15ClINO. The monoisotopic (exact) mass is 411 g/mol. The summed E-state index contributed by atoms with van der Waals surface area (Å²) < 4.78 is 1.18. The minimum atomic E-state index is -0.159. The number of carbonyl (C=O) groups is 1. The van der Waals surface area contributed by atoms with Gasteiger partial charge in [-0.25, -0.2) is 0 Å². The Morgan fingerprint density at radius 3 is 2.67 bits per heavy atom. The summed E-state index contributed by atoms with van der Waals surface area (Å²) in [5.41, 5.74) is 4.39. The van der Waals surface area contributed by atoms with Crippen LogP contribution in [-0.4, -0.2) is 13.0 Å². The number of fused-ring (bicyclic) bond motifs is 1. The van der Waals surface area contributed by atoms with Crippen LogP contribution in [0.3, 0.4) is 0 Å². The molecule has 0 spiro atoms. The van der Waals surface area contributed by atoms with Gasteiger partial charge < -0.3 is 4.90 Å². The summed E-state index contributed by atoms with van der Waals surface area (Å²) >= 11 is 8.92. The van der Waals surface area contributed by atoms with E-state index < -0.39 is 0 Å². The van der Waals surface area contributed by atoms with Gasteiger partial charge in [-0.05, 0) is 63.9 Å². The number of halogens is 2. The molecule has 0 saturated heterocycles. The molecule has 1 aliphatic rings. The van der Waals surface area contributed by atoms with E-state index >= 15 is 0 Å². The fourth-order valence-electron chi connectivity index (χ4n) is 2.69. The lowest BCUT2D eigenvalue weighted by Crippen LogP contribution is -2.31. The Hall–Kier alpha value is -1.07. The van der Waals surface area contributed by atoms with E-state index in [1.165, 1.54) is 9.13 Å². The van der Waals surface area contributed by atoms with Crippen LogP contribution in [0.25, 0.3) is 0 Å². The van der Waals surface area contributed by atoms with Gasteiger partial charge in [0.1, 0.15) is 0 Å². The molecule has 21 heavy (non-hydrogen) atoms. The first-order valence-electron chi connectivity index (χ1n) is 6.85. The zero-order valence-corrected chi connectivity index (χ0v) is 14.6. The highest BCUT2D eigenvalue weighted by Crippen LogP contribution is 2.34. The molecule has 0 aliphatic carbocycles. The quantitative estimate of drug-likeness (QED) is 0.525. The van der Waals surface area contributed by atoms with Gasteiger partial charge in [0, 0.05) is 22.7 Å². The maximum absolute atomic E-state index is 11.7. The van der Waals surface area contributed by atoms with Crippen molar-refractivity contribution in [2.45, 2.75) is 18.2 Å². The van der Waals surface area contributed by atoms with Crippen molar-refractivity contribution < 1.29 is 4.79 Å². The average molecular weight is 412 g/mol. The number of carbonyl (C=O) groups excluding carboxylic acids is 1. The van der Waals surface area contributed by atoms with Crippen molar-refractivity contribution >= 4 is 45.8 Å². The molecule has 0 aromatic heterocycles. The van der Waals surface area contributed by atoms with E-state index in [9.17, 15) is 4.79 Å². The minimum Gasteiger partial charge on any atom is -0.315 e. The Kier molecular flexibility index (Phi) is 4.22. The fraction of sp³-hybridized carbons (Fsp3) is 0.235. The second-order valence-corrected chi connectivity index (χ2v) is 6.94. The van der Waals surface area contributed by atoms with Crippen molar-refractivity contribution in [3.63, 3.8) is 0 Å². The predicted molar refractivity (Wildman–Crippen MR) is 95.0 cm³/mol. The van der Waals surface area contributed by atoms with Crippen molar-refractivity contribution in [1.29, 1.82) is 0 Å². The smallest absolute Gasteiger partial charge is 0.227 e. The molecule has 1 heterocycles. The summed E-state index contributed by atoms with van der Waals surface area (Å²) in [6.45, 7) is 0. The number of hydrogen-bond acceptors (Lipinski definition) is 1. The summed E-state index contributed by atoms with van der Waals surface area (Å²) in [5, 5.41) is -0.159. The molecule has 2 aromatic carbocycles. The van der Waals surface area contributed by atoms with Crippen LogP contribution < -0.4 is 4.90 Å². The zero-order chi connectivity index (χ0) is 15.0. The van der Waals surface area contributed by atoms with E-state index in [1.54, 1.807) is 4.90 Å². The maximum Gasteiger partial charge on any atom is 0.227 e. The Morgan fingerprint density at radius 2 is 1.90 bits per heavy atom. The third kappa shape index (κ3) is 2.94. The van der Waals surface area contributed by atoms with Crippen LogP contribution in [0.5, 0.6) is 0 Å². The standard InChI is InChI=1S/C17H15ClINO/c1-20-15-7-5-13(9-11(15)6-8-16(20)21)17(18)12-3-2-4-14(19)10-12/h2-5,7,9-10,17H,6,8H2,1H3. The van der Waals surface area contributed by atoms with E-state index in [2.05, 4.69) is 46.9 Å². The van der Waals surface area contributed by atoms with Gasteiger partial charge in [-0.2, -0.15) is 0 Å². The fourth-order valence-corrected chi connectivity index (χ4v) is 3.53. The molecule has 0 radical (unpaired) electrons. The van der Waals surface area contributed by atoms with E-state index in [0.29, 0.717) is 6.42 Å². The molecule has 2 nitrogen and oxygen atoms in total. The van der Waals surface area contributed by atoms with Gasteiger partial charge in [0.05, 0.1) is 5.38 Å². The molecule has 3 rings (SSSR count). The highest BCUT2D eigenvalue weighted by Gasteiger charge is 2.22. The van der Waals surface area contributed by atoms with Gasteiger partial charge in [-0.15, -0.1) is 11.6 Å². The Morgan fingerprint density at radius 1 is 1.14 bits per heavy atom. The summed E-state index contributed by atoms with van der Waals surface area (Å²) in [5.74, 6) is 0.176. The summed E-state index contributed by atoms with van der Waals surface area (Å²) in [6, 6.07) is 14.4. The van der Waals surface area contributed by atoms with E-state index in [1.807, 2.05) is 25.2 Å². The second kappa shape index (κ2) is 5.97. The molecule has 1 amide bonds. The highest BCUT2D eigenvalue weighted by molar-refractivity contribution is 14.1. The summed E-state index contributed by atoms with van der Waals surface area (Å²) in [7, 11) is 1.83. The Labute approximate surface area is 143 Å². The predicted octanol–water partition coefficient (Wildman–Crippen LogP) is 4.53. The first kappa shape index (κ1) is 14.9. The summed E-state index contributed by atoms with van der Waals surface area (Å²) in [4.78, 5) is 13.5. The largest absolute Gasteiger partial charge is 0.315 e. The number of nitrogens with zero attached hydrogens (tertiary/aromatic N) is 1. The first-order valence-corrected chi connectivity index (χ1v) is 8.36. The maximum atomic E-state index is 11.7. The number of amides is 1. The molecular weight excluding hydrogens is 397 g/mol. The normalized spacial score (nSPS) is 15.8. The van der Waals surface area contributed by atoms with Crippen LogP contribution in [0.15, 0.2) is 42.5 Å². The molecule has 4 heteroatoms. The number of anilines is 1. The second-order valence-electron chi connectivity index (χ2n) is 5.26. The van der Waals surface area contributed by atoms with Crippen molar-refractivity contribution in [1.82, 2.24) is 0 Å². The summed E-state index contributed by atoms with van der Waals surface area (Å²) in [6.07, 6.45) is 1.37. The van der Waals surface area contributed by atoms with Gasteiger partial charge in [0.15, 0.2) is 0 Å². The number of benzene rings is 2. The topological polar surface area (TPSA) is 20.3 Å². The molecule has 1 aliphatic heterocycles. The molecule has 1 unspecified atom stereocenters. The molecule has 0 fully saturated rings. The van der Waals surface area contributed by atoms with Crippen LogP contribution in [0.4, 0.5) is 5.69 Å². The molecule has 1 atom stereocenters. The first-order chi connectivity index (χ1) is 10.1. The van der Waals surface area contributed by atoms with Gasteiger partial charge in [0.2, 0.25) is 5.91 Å². The van der Waals surface area contributed by atoms with Crippen molar-refractivity contribution in [2.24, 2.45) is 0 Å². The Balaban J connectivity index is 1.95. The average Bonchev–Trinajstić information content (AvgIpc) is 2.50. The van der Waals surface area contributed by atoms with Crippen molar-refractivity contribution in [2.75, 3.05) is 11.9 Å². The third-order valence-electron chi connectivity index (χ3n) is 3.88. The highest BCUT2D eigenvalue weighted by atomic mass is 127. The van der Waals surface area contributed by atoms with Crippen LogP contribution in [0, 0.1) is 3.57 Å². The number of aryl methyl sites for hydroxylation is 1. The molecule has 0 bridgehead atoms. The van der Waals surface area contributed by atoms with Crippen LogP contribution in [-0.2, 0) is 11.2 Å².